The van der Waals surface area contributed by atoms with Crippen molar-refractivity contribution in [3.8, 4) is 5.69 Å². The number of carbonyl (C=O) groups is 1. The molecule has 2 heterocycles. The Bertz CT molecular complexity index is 699. The van der Waals surface area contributed by atoms with Gasteiger partial charge in [-0.3, -0.25) is 9.69 Å². The minimum Gasteiger partial charge on any atom is -0.336 e. The van der Waals surface area contributed by atoms with E-state index in [9.17, 15) is 4.79 Å². The summed E-state index contributed by atoms with van der Waals surface area (Å²) in [4.78, 5) is 17.3. The SMILES string of the molecule is CC(C)(C)CCN1CCN(C(=O)c2ccccc2-n2cnnn2)CC1. The number of carbonyl (C=O) groups excluding carboxylic acids is 1. The molecule has 7 nitrogen and oxygen atoms in total. The summed E-state index contributed by atoms with van der Waals surface area (Å²) >= 11 is 0. The molecule has 134 valence electrons. The van der Waals surface area contributed by atoms with Gasteiger partial charge in [-0.1, -0.05) is 32.9 Å². The minimum absolute atomic E-state index is 0.0431. The molecule has 0 aliphatic carbocycles. The van der Waals surface area contributed by atoms with E-state index in [0.29, 0.717) is 16.7 Å². The first-order chi connectivity index (χ1) is 11.9. The molecule has 2 aromatic rings. The molecule has 7 heteroatoms. The summed E-state index contributed by atoms with van der Waals surface area (Å²) in [5.74, 6) is 0.0431. The quantitative estimate of drug-likeness (QED) is 0.848. The lowest BCUT2D eigenvalue weighted by molar-refractivity contribution is 0.0623. The molecule has 0 atom stereocenters. The van der Waals surface area contributed by atoms with Crippen molar-refractivity contribution in [2.24, 2.45) is 5.41 Å². The molecule has 1 aliphatic rings. The molecule has 1 saturated heterocycles. The van der Waals surface area contributed by atoms with Gasteiger partial charge in [0.2, 0.25) is 0 Å². The van der Waals surface area contributed by atoms with Gasteiger partial charge in [-0.25, -0.2) is 0 Å². The topological polar surface area (TPSA) is 67.2 Å². The third kappa shape index (κ3) is 4.42. The summed E-state index contributed by atoms with van der Waals surface area (Å²) in [6, 6.07) is 7.47. The molecule has 3 rings (SSSR count). The van der Waals surface area contributed by atoms with Crippen molar-refractivity contribution in [3.05, 3.63) is 36.2 Å². The molecule has 0 N–H and O–H groups in total. The standard InChI is InChI=1S/C18H26N6O/c1-18(2,3)8-9-22-10-12-23(13-11-22)17(25)15-6-4-5-7-16(15)24-14-19-20-21-24/h4-7,14H,8-13H2,1-3H3. The van der Waals surface area contributed by atoms with Gasteiger partial charge in [0.05, 0.1) is 11.3 Å². The number of amides is 1. The molecular weight excluding hydrogens is 316 g/mol. The number of piperazine rings is 1. The zero-order valence-electron chi connectivity index (χ0n) is 15.2. The number of nitrogens with zero attached hydrogens (tertiary/aromatic N) is 6. The first-order valence-corrected chi connectivity index (χ1v) is 8.78. The predicted molar refractivity (Wildman–Crippen MR) is 95.6 cm³/mol. The number of rotatable bonds is 4. The van der Waals surface area contributed by atoms with E-state index in [1.54, 1.807) is 0 Å². The third-order valence-electron chi connectivity index (χ3n) is 4.57. The Morgan fingerprint density at radius 1 is 1.12 bits per heavy atom. The Labute approximate surface area is 148 Å². The van der Waals surface area contributed by atoms with Crippen molar-refractivity contribution < 1.29 is 4.79 Å². The Balaban J connectivity index is 1.64. The van der Waals surface area contributed by atoms with Crippen LogP contribution in [0.25, 0.3) is 5.69 Å². The van der Waals surface area contributed by atoms with Crippen LogP contribution in [-0.4, -0.2) is 68.6 Å². The Kier molecular flexibility index (Phi) is 5.13. The summed E-state index contributed by atoms with van der Waals surface area (Å²) in [5, 5.41) is 11.2. The van der Waals surface area contributed by atoms with E-state index in [1.165, 1.54) is 17.4 Å². The van der Waals surface area contributed by atoms with E-state index in [-0.39, 0.29) is 5.91 Å². The molecule has 25 heavy (non-hydrogen) atoms. The summed E-state index contributed by atoms with van der Waals surface area (Å²) in [6.07, 6.45) is 2.68. The number of tetrazole rings is 1. The first-order valence-electron chi connectivity index (χ1n) is 8.78. The largest absolute Gasteiger partial charge is 0.336 e. The predicted octanol–water partition coefficient (Wildman–Crippen LogP) is 1.86. The maximum Gasteiger partial charge on any atom is 0.256 e. The summed E-state index contributed by atoms with van der Waals surface area (Å²) in [7, 11) is 0. The summed E-state index contributed by atoms with van der Waals surface area (Å²) in [5.41, 5.74) is 1.70. The smallest absolute Gasteiger partial charge is 0.256 e. The second-order valence-electron chi connectivity index (χ2n) is 7.72. The van der Waals surface area contributed by atoms with Crippen LogP contribution in [0.5, 0.6) is 0 Å². The fourth-order valence-corrected chi connectivity index (χ4v) is 2.96. The van der Waals surface area contributed by atoms with Gasteiger partial charge in [-0.2, -0.15) is 4.68 Å². The highest BCUT2D eigenvalue weighted by Gasteiger charge is 2.25. The molecule has 1 aliphatic heterocycles. The normalized spacial score (nSPS) is 16.2. The molecule has 0 unspecified atom stereocenters. The summed E-state index contributed by atoms with van der Waals surface area (Å²) < 4.78 is 1.53. The van der Waals surface area contributed by atoms with E-state index in [1.807, 2.05) is 29.2 Å². The van der Waals surface area contributed by atoms with Crippen LogP contribution in [0.2, 0.25) is 0 Å². The minimum atomic E-state index is 0.0431. The highest BCUT2D eigenvalue weighted by atomic mass is 16.2. The molecule has 1 amide bonds. The zero-order chi connectivity index (χ0) is 17.9. The molecule has 0 bridgehead atoms. The van der Waals surface area contributed by atoms with Gasteiger partial charge < -0.3 is 4.90 Å². The number of hydrogen-bond acceptors (Lipinski definition) is 5. The number of aromatic nitrogens is 4. The van der Waals surface area contributed by atoms with Crippen LogP contribution in [0.4, 0.5) is 0 Å². The lowest BCUT2D eigenvalue weighted by Gasteiger charge is -2.36. The van der Waals surface area contributed by atoms with Crippen molar-refractivity contribution in [1.82, 2.24) is 30.0 Å². The third-order valence-corrected chi connectivity index (χ3v) is 4.57. The molecule has 0 saturated carbocycles. The van der Waals surface area contributed by atoms with E-state index in [2.05, 4.69) is 41.2 Å². The molecule has 0 radical (unpaired) electrons. The van der Waals surface area contributed by atoms with E-state index < -0.39 is 0 Å². The summed E-state index contributed by atoms with van der Waals surface area (Å²) in [6.45, 7) is 11.3. The average molecular weight is 342 g/mol. The van der Waals surface area contributed by atoms with Crippen molar-refractivity contribution in [1.29, 1.82) is 0 Å². The fourth-order valence-electron chi connectivity index (χ4n) is 2.96. The van der Waals surface area contributed by atoms with Crippen molar-refractivity contribution >= 4 is 5.91 Å². The highest BCUT2D eigenvalue weighted by molar-refractivity contribution is 5.97. The van der Waals surface area contributed by atoms with Gasteiger partial charge >= 0.3 is 0 Å². The van der Waals surface area contributed by atoms with Crippen LogP contribution >= 0.6 is 0 Å². The van der Waals surface area contributed by atoms with E-state index in [0.717, 1.165) is 32.7 Å². The molecule has 0 spiro atoms. The molecule has 1 aromatic carbocycles. The van der Waals surface area contributed by atoms with Gasteiger partial charge in [0, 0.05) is 26.2 Å². The number of benzene rings is 1. The number of para-hydroxylation sites is 1. The van der Waals surface area contributed by atoms with E-state index >= 15 is 0 Å². The van der Waals surface area contributed by atoms with Crippen LogP contribution in [-0.2, 0) is 0 Å². The second-order valence-corrected chi connectivity index (χ2v) is 7.72. The van der Waals surface area contributed by atoms with Crippen molar-refractivity contribution in [2.75, 3.05) is 32.7 Å². The van der Waals surface area contributed by atoms with Gasteiger partial charge in [0.15, 0.2) is 0 Å². The highest BCUT2D eigenvalue weighted by Crippen LogP contribution is 2.20. The maximum atomic E-state index is 13.0. The van der Waals surface area contributed by atoms with Crippen LogP contribution in [0.1, 0.15) is 37.6 Å². The Morgan fingerprint density at radius 3 is 2.48 bits per heavy atom. The van der Waals surface area contributed by atoms with E-state index in [4.69, 9.17) is 0 Å². The van der Waals surface area contributed by atoms with Crippen molar-refractivity contribution in [2.45, 2.75) is 27.2 Å². The van der Waals surface area contributed by atoms with Crippen LogP contribution in [0.15, 0.2) is 30.6 Å². The molecular formula is C18H26N6O. The van der Waals surface area contributed by atoms with Gasteiger partial charge in [0.25, 0.3) is 5.91 Å². The molecule has 1 fully saturated rings. The van der Waals surface area contributed by atoms with Gasteiger partial charge in [0.1, 0.15) is 6.33 Å². The Hall–Kier alpha value is -2.28. The lowest BCUT2D eigenvalue weighted by atomic mass is 9.92. The lowest BCUT2D eigenvalue weighted by Crippen LogP contribution is -2.49. The molecule has 1 aromatic heterocycles. The van der Waals surface area contributed by atoms with Crippen LogP contribution in [0.3, 0.4) is 0 Å². The van der Waals surface area contributed by atoms with Crippen LogP contribution in [0, 0.1) is 5.41 Å². The van der Waals surface area contributed by atoms with Crippen molar-refractivity contribution in [3.63, 3.8) is 0 Å². The second kappa shape index (κ2) is 7.31. The first kappa shape index (κ1) is 17.5. The van der Waals surface area contributed by atoms with Crippen LogP contribution < -0.4 is 0 Å². The average Bonchev–Trinajstić information content (AvgIpc) is 3.14. The Morgan fingerprint density at radius 2 is 1.84 bits per heavy atom. The van der Waals surface area contributed by atoms with Gasteiger partial charge in [-0.15, -0.1) is 5.10 Å². The fraction of sp³-hybridized carbons (Fsp3) is 0.556. The monoisotopic (exact) mass is 342 g/mol. The van der Waals surface area contributed by atoms with Gasteiger partial charge in [-0.05, 0) is 40.9 Å². The maximum absolute atomic E-state index is 13.0. The number of hydrogen-bond donors (Lipinski definition) is 0. The zero-order valence-corrected chi connectivity index (χ0v) is 15.2.